The molecule has 0 radical (unpaired) electrons. The van der Waals surface area contributed by atoms with Crippen LogP contribution in [0.25, 0.3) is 0 Å². The second kappa shape index (κ2) is 12.1. The van der Waals surface area contributed by atoms with E-state index in [9.17, 15) is 19.2 Å². The second-order valence-corrected chi connectivity index (χ2v) is 6.52. The Balaban J connectivity index is 3.28. The van der Waals surface area contributed by atoms with Crippen molar-refractivity contribution in [1.29, 1.82) is 0 Å². The maximum atomic E-state index is 11.7. The number of ether oxygens (including phenoxy) is 6. The highest BCUT2D eigenvalue weighted by molar-refractivity contribution is 7.80. The predicted octanol–water partition coefficient (Wildman–Crippen LogP) is 0.147. The largest absolute Gasteiger partial charge is 0.467 e. The van der Waals surface area contributed by atoms with Gasteiger partial charge in [-0.2, -0.15) is 0 Å². The number of hydrogen-bond donors (Lipinski definition) is 1. The van der Waals surface area contributed by atoms with E-state index in [0.717, 1.165) is 20.8 Å². The Morgan fingerprint density at radius 3 is 1.93 bits per heavy atom. The number of thiocarbonyl (C=S) groups is 1. The third-order valence-electron chi connectivity index (χ3n) is 3.58. The van der Waals surface area contributed by atoms with Crippen molar-refractivity contribution in [2.45, 2.75) is 58.3 Å². The van der Waals surface area contributed by atoms with Crippen LogP contribution in [0.5, 0.6) is 0 Å². The zero-order chi connectivity index (χ0) is 22.8. The first-order valence-electron chi connectivity index (χ1n) is 8.89. The summed E-state index contributed by atoms with van der Waals surface area (Å²) in [6.07, 6.45) is -4.59. The van der Waals surface area contributed by atoms with Gasteiger partial charge in [-0.1, -0.05) is 12.7 Å². The number of rotatable bonds is 8. The lowest BCUT2D eigenvalue weighted by atomic mass is 9.97. The van der Waals surface area contributed by atoms with Gasteiger partial charge in [0, 0.05) is 27.7 Å². The van der Waals surface area contributed by atoms with Crippen molar-refractivity contribution in [3.63, 3.8) is 0 Å². The fourth-order valence-electron chi connectivity index (χ4n) is 2.64. The van der Waals surface area contributed by atoms with Crippen molar-refractivity contribution in [2.75, 3.05) is 13.2 Å². The molecular weight excluding hydrogens is 422 g/mol. The van der Waals surface area contributed by atoms with E-state index in [1.165, 1.54) is 13.0 Å². The maximum absolute atomic E-state index is 11.7. The number of carbonyl (C=O) groups excluding carboxylic acids is 4. The van der Waals surface area contributed by atoms with Crippen LogP contribution in [0.2, 0.25) is 0 Å². The highest BCUT2D eigenvalue weighted by Crippen LogP contribution is 2.28. The van der Waals surface area contributed by atoms with Gasteiger partial charge in [0.05, 0.1) is 0 Å². The van der Waals surface area contributed by atoms with Crippen LogP contribution < -0.4 is 5.32 Å². The van der Waals surface area contributed by atoms with Crippen molar-refractivity contribution >= 4 is 41.3 Å². The average molecular weight is 447 g/mol. The monoisotopic (exact) mass is 447 g/mol. The van der Waals surface area contributed by atoms with E-state index in [1.54, 1.807) is 0 Å². The van der Waals surface area contributed by atoms with E-state index in [2.05, 4.69) is 11.9 Å². The molecule has 5 atom stereocenters. The van der Waals surface area contributed by atoms with E-state index < -0.39 is 54.5 Å². The van der Waals surface area contributed by atoms with E-state index in [-0.39, 0.29) is 18.4 Å². The van der Waals surface area contributed by atoms with Gasteiger partial charge < -0.3 is 33.7 Å². The molecule has 12 heteroatoms. The minimum absolute atomic E-state index is 0.0944. The highest BCUT2D eigenvalue weighted by atomic mass is 32.1. The summed E-state index contributed by atoms with van der Waals surface area (Å²) in [7, 11) is 0. The number of nitrogens with one attached hydrogen (secondary N) is 1. The molecule has 1 N–H and O–H groups in total. The standard InChI is InChI=1S/C18H25NO10S/c1-6-7-24-18(30)19-17-16(28-12(5)23)15(27-11(4)22)14(26-10(3)21)13(29-17)8-25-9(2)20/h6,13-17H,1,7-8H2,2-5H3,(H,19,30)/t13-,14-,15+,16-,17-/m1/s1. The third kappa shape index (κ3) is 8.33. The first kappa shape index (κ1) is 25.3. The fraction of sp³-hybridized carbons (Fsp3) is 0.611. The lowest BCUT2D eigenvalue weighted by Gasteiger charge is -2.44. The topological polar surface area (TPSA) is 136 Å². The quantitative estimate of drug-likeness (QED) is 0.235. The molecular formula is C18H25NO10S. The molecule has 0 aromatic heterocycles. The Morgan fingerprint density at radius 1 is 0.900 bits per heavy atom. The normalized spacial score (nSPS) is 25.3. The van der Waals surface area contributed by atoms with Crippen molar-refractivity contribution in [3.05, 3.63) is 12.7 Å². The smallest absolute Gasteiger partial charge is 0.303 e. The molecule has 1 rings (SSSR count). The van der Waals surface area contributed by atoms with Gasteiger partial charge >= 0.3 is 23.9 Å². The molecule has 0 aromatic rings. The molecule has 1 saturated heterocycles. The molecule has 0 aromatic carbocycles. The Kier molecular flexibility index (Phi) is 10.2. The number of carbonyl (C=O) groups is 4. The second-order valence-electron chi connectivity index (χ2n) is 6.15. The first-order chi connectivity index (χ1) is 14.0. The van der Waals surface area contributed by atoms with Crippen LogP contribution in [-0.4, -0.2) is 72.9 Å². The summed E-state index contributed by atoms with van der Waals surface area (Å²) in [5.74, 6) is -2.77. The van der Waals surface area contributed by atoms with Crippen LogP contribution in [0.4, 0.5) is 0 Å². The Morgan fingerprint density at radius 2 is 1.43 bits per heavy atom. The van der Waals surface area contributed by atoms with Gasteiger partial charge in [-0.05, 0) is 12.2 Å². The number of hydrogen-bond acceptors (Lipinski definition) is 11. The van der Waals surface area contributed by atoms with E-state index in [1.807, 2.05) is 0 Å². The minimum atomic E-state index is -1.29. The van der Waals surface area contributed by atoms with Gasteiger partial charge in [-0.15, -0.1) is 0 Å². The lowest BCUT2D eigenvalue weighted by Crippen LogP contribution is -2.66. The van der Waals surface area contributed by atoms with E-state index >= 15 is 0 Å². The zero-order valence-corrected chi connectivity index (χ0v) is 17.9. The van der Waals surface area contributed by atoms with Crippen LogP contribution in [-0.2, 0) is 47.6 Å². The average Bonchev–Trinajstić information content (AvgIpc) is 2.62. The van der Waals surface area contributed by atoms with Crippen LogP contribution >= 0.6 is 12.2 Å². The molecule has 30 heavy (non-hydrogen) atoms. The van der Waals surface area contributed by atoms with E-state index in [4.69, 9.17) is 40.6 Å². The summed E-state index contributed by atoms with van der Waals surface area (Å²) >= 11 is 5.06. The van der Waals surface area contributed by atoms with Gasteiger partial charge in [0.1, 0.15) is 19.3 Å². The summed E-state index contributed by atoms with van der Waals surface area (Å²) in [5.41, 5.74) is 0. The Hall–Kier alpha value is -2.73. The van der Waals surface area contributed by atoms with Gasteiger partial charge in [-0.25, -0.2) is 0 Å². The molecule has 1 fully saturated rings. The minimum Gasteiger partial charge on any atom is -0.467 e. The van der Waals surface area contributed by atoms with Crippen molar-refractivity contribution in [2.24, 2.45) is 0 Å². The molecule has 0 unspecified atom stereocenters. The van der Waals surface area contributed by atoms with Crippen LogP contribution in [0.3, 0.4) is 0 Å². The number of esters is 4. The Labute approximate surface area is 178 Å². The lowest BCUT2D eigenvalue weighted by molar-refractivity contribution is -0.255. The molecule has 1 aliphatic heterocycles. The molecule has 1 aliphatic rings. The van der Waals surface area contributed by atoms with Gasteiger partial charge in [0.15, 0.2) is 24.5 Å². The summed E-state index contributed by atoms with van der Waals surface area (Å²) in [4.78, 5) is 46.3. The van der Waals surface area contributed by atoms with Gasteiger partial charge in [0.2, 0.25) is 0 Å². The molecule has 0 saturated carbocycles. The fourth-order valence-corrected chi connectivity index (χ4v) is 2.82. The molecule has 0 aliphatic carbocycles. The van der Waals surface area contributed by atoms with E-state index in [0.29, 0.717) is 0 Å². The SMILES string of the molecule is C=CCOC(=S)N[C@@H]1O[C@H](COC(C)=O)[C@@H](OC(C)=O)[C@H](OC(C)=O)[C@H]1OC(C)=O. The molecule has 0 amide bonds. The maximum Gasteiger partial charge on any atom is 0.303 e. The highest BCUT2D eigenvalue weighted by Gasteiger charge is 2.52. The molecule has 11 nitrogen and oxygen atoms in total. The first-order valence-corrected chi connectivity index (χ1v) is 9.30. The van der Waals surface area contributed by atoms with Gasteiger partial charge in [-0.3, -0.25) is 19.2 Å². The van der Waals surface area contributed by atoms with Crippen molar-refractivity contribution in [1.82, 2.24) is 5.32 Å². The van der Waals surface area contributed by atoms with Crippen LogP contribution in [0.15, 0.2) is 12.7 Å². The summed E-state index contributed by atoms with van der Waals surface area (Å²) in [6, 6.07) is 0. The van der Waals surface area contributed by atoms with Crippen molar-refractivity contribution < 1.29 is 47.6 Å². The summed E-state index contributed by atoms with van der Waals surface area (Å²) in [5, 5.41) is 2.58. The van der Waals surface area contributed by atoms with Gasteiger partial charge in [0.25, 0.3) is 5.17 Å². The third-order valence-corrected chi connectivity index (χ3v) is 3.82. The van der Waals surface area contributed by atoms with Crippen LogP contribution in [0, 0.1) is 0 Å². The summed E-state index contributed by atoms with van der Waals surface area (Å²) < 4.78 is 31.8. The predicted molar refractivity (Wildman–Crippen MR) is 104 cm³/mol. The van der Waals surface area contributed by atoms with Crippen LogP contribution in [0.1, 0.15) is 27.7 Å². The van der Waals surface area contributed by atoms with Crippen molar-refractivity contribution in [3.8, 4) is 0 Å². The molecule has 168 valence electrons. The Bertz CT molecular complexity index is 682. The summed E-state index contributed by atoms with van der Waals surface area (Å²) in [6.45, 7) is 7.85. The molecule has 0 spiro atoms. The molecule has 0 bridgehead atoms. The zero-order valence-electron chi connectivity index (χ0n) is 17.1. The molecule has 1 heterocycles.